The van der Waals surface area contributed by atoms with Crippen LogP contribution in [-0.4, -0.2) is 41.4 Å². The molecule has 2 heterocycles. The number of nitrogens with one attached hydrogen (secondary N) is 1. The van der Waals surface area contributed by atoms with Crippen LogP contribution in [-0.2, 0) is 4.74 Å². The van der Waals surface area contributed by atoms with Gasteiger partial charge in [0.2, 0.25) is 0 Å². The van der Waals surface area contributed by atoms with Gasteiger partial charge in [0.1, 0.15) is 11.0 Å². The number of nitrogens with zero attached hydrogens (tertiary/aromatic N) is 3. The molecule has 0 radical (unpaired) electrons. The predicted molar refractivity (Wildman–Crippen MR) is 109 cm³/mol. The molecule has 0 bridgehead atoms. The Morgan fingerprint density at radius 3 is 2.68 bits per heavy atom. The van der Waals surface area contributed by atoms with Crippen molar-refractivity contribution in [1.29, 1.82) is 0 Å². The number of nitro groups is 1. The summed E-state index contributed by atoms with van der Waals surface area (Å²) in [5, 5.41) is 11.6. The summed E-state index contributed by atoms with van der Waals surface area (Å²) >= 11 is 1.57. The summed E-state index contributed by atoms with van der Waals surface area (Å²) in [5.74, 6) is 0.616. The summed E-state index contributed by atoms with van der Waals surface area (Å²) in [4.78, 5) is 17.4. The number of hydrogen-bond acceptors (Lipinski definition) is 6. The number of aromatic nitrogens is 1. The Hall–Kier alpha value is -2.19. The zero-order chi connectivity index (χ0) is 19.3. The van der Waals surface area contributed by atoms with Crippen LogP contribution < -0.4 is 10.3 Å². The monoisotopic (exact) mass is 402 g/mol. The summed E-state index contributed by atoms with van der Waals surface area (Å²) in [6, 6.07) is 10.4. The number of ether oxygens (including phenoxy) is 1. The topological polar surface area (TPSA) is 80.5 Å². The van der Waals surface area contributed by atoms with Gasteiger partial charge >= 0.3 is 0 Å². The van der Waals surface area contributed by atoms with Gasteiger partial charge in [0.25, 0.3) is 0 Å². The molecule has 1 aromatic carbocycles. The van der Waals surface area contributed by atoms with Crippen molar-refractivity contribution in [3.63, 3.8) is 0 Å². The number of benzene rings is 1. The van der Waals surface area contributed by atoms with Crippen molar-refractivity contribution in [2.45, 2.75) is 56.2 Å². The van der Waals surface area contributed by atoms with Gasteiger partial charge in [0, 0.05) is 6.54 Å². The highest BCUT2D eigenvalue weighted by Crippen LogP contribution is 2.35. The highest BCUT2D eigenvalue weighted by molar-refractivity contribution is 7.13. The van der Waals surface area contributed by atoms with Crippen molar-refractivity contribution in [3.8, 4) is 0 Å². The van der Waals surface area contributed by atoms with E-state index in [2.05, 4.69) is 45.6 Å². The average molecular weight is 403 g/mol. The molecular weight excluding hydrogens is 376 g/mol. The van der Waals surface area contributed by atoms with Gasteiger partial charge in [0.05, 0.1) is 30.5 Å². The first-order valence-electron chi connectivity index (χ1n) is 9.93. The van der Waals surface area contributed by atoms with E-state index in [4.69, 9.17) is 4.74 Å². The van der Waals surface area contributed by atoms with Crippen LogP contribution >= 0.6 is 11.3 Å². The standard InChI is InChI=1S/C20H26N4O3S/c25-24(26)22-18-10-11-23(20-12-21-14-28-20)19(18)13-27-17-8-6-16(7-9-17)15-4-2-1-3-5-15/h1-5,12,14,16-19,22H,6-11,13H2. The number of hydrazine groups is 1. The maximum atomic E-state index is 11.0. The Kier molecular flexibility index (Phi) is 6.07. The van der Waals surface area contributed by atoms with Crippen molar-refractivity contribution in [1.82, 2.24) is 10.4 Å². The van der Waals surface area contributed by atoms with Gasteiger partial charge in [-0.1, -0.05) is 30.3 Å². The molecule has 2 atom stereocenters. The molecule has 1 aliphatic heterocycles. The van der Waals surface area contributed by atoms with Gasteiger partial charge in [-0.2, -0.15) is 0 Å². The average Bonchev–Trinajstić information content (AvgIpc) is 3.37. The lowest BCUT2D eigenvalue weighted by Gasteiger charge is -2.32. The minimum Gasteiger partial charge on any atom is -0.376 e. The number of rotatable bonds is 7. The van der Waals surface area contributed by atoms with Gasteiger partial charge in [-0.15, -0.1) is 16.8 Å². The molecule has 2 aromatic rings. The lowest BCUT2D eigenvalue weighted by atomic mass is 9.83. The van der Waals surface area contributed by atoms with E-state index in [1.54, 1.807) is 16.8 Å². The zero-order valence-electron chi connectivity index (χ0n) is 15.8. The largest absolute Gasteiger partial charge is 0.376 e. The molecule has 1 N–H and O–H groups in total. The second-order valence-corrected chi connectivity index (χ2v) is 8.46. The van der Waals surface area contributed by atoms with Crippen molar-refractivity contribution < 1.29 is 9.77 Å². The molecule has 28 heavy (non-hydrogen) atoms. The third-order valence-electron chi connectivity index (χ3n) is 5.97. The summed E-state index contributed by atoms with van der Waals surface area (Å²) in [6.45, 7) is 1.28. The van der Waals surface area contributed by atoms with E-state index in [9.17, 15) is 10.1 Å². The van der Waals surface area contributed by atoms with Gasteiger partial charge in [0.15, 0.2) is 5.03 Å². The van der Waals surface area contributed by atoms with Gasteiger partial charge in [-0.3, -0.25) is 4.98 Å². The molecule has 2 fully saturated rings. The summed E-state index contributed by atoms with van der Waals surface area (Å²) in [5.41, 5.74) is 5.70. The highest BCUT2D eigenvalue weighted by Gasteiger charge is 2.38. The first-order chi connectivity index (χ1) is 13.7. The third kappa shape index (κ3) is 4.44. The van der Waals surface area contributed by atoms with Crippen LogP contribution in [0, 0.1) is 10.1 Å². The second kappa shape index (κ2) is 8.87. The van der Waals surface area contributed by atoms with E-state index in [0.29, 0.717) is 12.5 Å². The molecular formula is C20H26N4O3S. The smallest absolute Gasteiger partial charge is 0.157 e. The first-order valence-corrected chi connectivity index (χ1v) is 10.8. The van der Waals surface area contributed by atoms with Gasteiger partial charge < -0.3 is 9.64 Å². The van der Waals surface area contributed by atoms with E-state index in [-0.39, 0.29) is 18.2 Å². The van der Waals surface area contributed by atoms with E-state index in [0.717, 1.165) is 43.6 Å². The minimum atomic E-state index is -0.432. The van der Waals surface area contributed by atoms with Crippen molar-refractivity contribution in [2.75, 3.05) is 18.1 Å². The number of hydrogen-bond donors (Lipinski definition) is 1. The fourth-order valence-electron chi connectivity index (χ4n) is 4.49. The third-order valence-corrected chi connectivity index (χ3v) is 6.78. The summed E-state index contributed by atoms with van der Waals surface area (Å²) < 4.78 is 6.27. The van der Waals surface area contributed by atoms with E-state index in [1.807, 2.05) is 6.20 Å². The fraction of sp³-hybridized carbons (Fsp3) is 0.550. The second-order valence-electron chi connectivity index (χ2n) is 7.60. The van der Waals surface area contributed by atoms with Crippen LogP contribution in [0.2, 0.25) is 0 Å². The summed E-state index contributed by atoms with van der Waals surface area (Å²) in [7, 11) is 0. The molecule has 7 nitrogen and oxygen atoms in total. The maximum Gasteiger partial charge on any atom is 0.157 e. The first kappa shape index (κ1) is 19.1. The van der Waals surface area contributed by atoms with Crippen LogP contribution in [0.25, 0.3) is 0 Å². The molecule has 1 aliphatic carbocycles. The van der Waals surface area contributed by atoms with Crippen molar-refractivity contribution >= 4 is 16.3 Å². The van der Waals surface area contributed by atoms with Crippen LogP contribution in [0.3, 0.4) is 0 Å². The van der Waals surface area contributed by atoms with Crippen molar-refractivity contribution in [3.05, 3.63) is 57.7 Å². The molecule has 1 saturated carbocycles. The Morgan fingerprint density at radius 2 is 2.00 bits per heavy atom. The maximum absolute atomic E-state index is 11.0. The lowest BCUT2D eigenvalue weighted by molar-refractivity contribution is -0.551. The zero-order valence-corrected chi connectivity index (χ0v) is 16.6. The van der Waals surface area contributed by atoms with Gasteiger partial charge in [-0.25, -0.2) is 10.1 Å². The van der Waals surface area contributed by atoms with Crippen LogP contribution in [0.15, 0.2) is 42.0 Å². The fourth-order valence-corrected chi connectivity index (χ4v) is 5.21. The van der Waals surface area contributed by atoms with Crippen LogP contribution in [0.4, 0.5) is 5.00 Å². The lowest BCUT2D eigenvalue weighted by Crippen LogP contribution is -2.48. The molecule has 150 valence electrons. The Morgan fingerprint density at radius 1 is 1.21 bits per heavy atom. The molecule has 1 aromatic heterocycles. The Bertz CT molecular complexity index is 750. The van der Waals surface area contributed by atoms with Crippen LogP contribution in [0.1, 0.15) is 43.6 Å². The van der Waals surface area contributed by atoms with Crippen molar-refractivity contribution in [2.24, 2.45) is 0 Å². The molecule has 2 aliphatic rings. The Balaban J connectivity index is 1.33. The molecule has 4 rings (SSSR count). The van der Waals surface area contributed by atoms with E-state index >= 15 is 0 Å². The quantitative estimate of drug-likeness (QED) is 0.563. The minimum absolute atomic E-state index is 0.0438. The predicted octanol–water partition coefficient (Wildman–Crippen LogP) is 3.61. The van der Waals surface area contributed by atoms with E-state index < -0.39 is 5.03 Å². The Labute approximate surface area is 168 Å². The van der Waals surface area contributed by atoms with Gasteiger partial charge in [-0.05, 0) is 43.6 Å². The molecule has 8 heteroatoms. The normalized spacial score (nSPS) is 27.6. The number of anilines is 1. The molecule has 1 saturated heterocycles. The van der Waals surface area contributed by atoms with E-state index in [1.165, 1.54) is 5.56 Å². The molecule has 0 spiro atoms. The highest BCUT2D eigenvalue weighted by atomic mass is 32.1. The molecule has 0 amide bonds. The SMILES string of the molecule is O=[N+]([O-])NC1CCN(c2cncs2)C1COC1CCC(c2ccccc2)CC1. The molecule has 2 unspecified atom stereocenters. The summed E-state index contributed by atoms with van der Waals surface area (Å²) in [6.07, 6.45) is 7.15. The number of thiazole rings is 1. The van der Waals surface area contributed by atoms with Crippen LogP contribution in [0.5, 0.6) is 0 Å².